The van der Waals surface area contributed by atoms with Crippen molar-refractivity contribution >= 4 is 17.6 Å². The molecule has 112 valence electrons. The van der Waals surface area contributed by atoms with Crippen molar-refractivity contribution in [1.29, 1.82) is 0 Å². The van der Waals surface area contributed by atoms with Gasteiger partial charge in [0.05, 0.1) is 11.4 Å². The zero-order valence-electron chi connectivity index (χ0n) is 9.14. The van der Waals surface area contributed by atoms with Crippen LogP contribution in [-0.2, 0) is 12.1 Å². The Morgan fingerprint density at radius 2 is 1.85 bits per heavy atom. The lowest BCUT2D eigenvalue weighted by Gasteiger charge is -2.15. The number of hydrogen-bond acceptors (Lipinski definition) is 3. The first-order valence-corrected chi connectivity index (χ1v) is 5.15. The molecule has 0 aliphatic rings. The van der Waals surface area contributed by atoms with E-state index in [-0.39, 0.29) is 6.07 Å². The second-order valence-electron chi connectivity index (χ2n) is 3.32. The quantitative estimate of drug-likeness (QED) is 0.684. The fourth-order valence-electron chi connectivity index (χ4n) is 1.28. The summed E-state index contributed by atoms with van der Waals surface area (Å²) in [6.45, 7) is 0. The summed E-state index contributed by atoms with van der Waals surface area (Å²) in [7, 11) is 0. The molecule has 0 radical (unpaired) electrons. The number of nitrogens with zero attached hydrogens (tertiary/aromatic N) is 1. The van der Waals surface area contributed by atoms with E-state index < -0.39 is 47.1 Å². The van der Waals surface area contributed by atoms with Gasteiger partial charge in [-0.25, -0.2) is 9.78 Å². The molecule has 0 saturated heterocycles. The Bertz CT molecular complexity index is 528. The number of carboxylic acid groups (broad SMARTS) is 1. The highest BCUT2D eigenvalue weighted by Gasteiger charge is 2.39. The summed E-state index contributed by atoms with van der Waals surface area (Å²) < 4.78 is 77.1. The van der Waals surface area contributed by atoms with Crippen molar-refractivity contribution in [3.8, 4) is 5.88 Å². The zero-order valence-corrected chi connectivity index (χ0v) is 9.90. The molecule has 0 unspecified atom stereocenters. The first-order chi connectivity index (χ1) is 8.95. The summed E-state index contributed by atoms with van der Waals surface area (Å²) in [6, 6.07) is -0.0579. The van der Waals surface area contributed by atoms with Gasteiger partial charge in [0.1, 0.15) is 0 Å². The van der Waals surface area contributed by atoms with Gasteiger partial charge in [0.2, 0.25) is 5.88 Å². The highest BCUT2D eigenvalue weighted by molar-refractivity contribution is 6.17. The van der Waals surface area contributed by atoms with Crippen molar-refractivity contribution in [2.24, 2.45) is 0 Å². The molecule has 0 spiro atoms. The maximum Gasteiger partial charge on any atom is 0.574 e. The zero-order chi connectivity index (χ0) is 15.7. The third kappa shape index (κ3) is 3.89. The second kappa shape index (κ2) is 5.35. The number of carboxylic acids is 1. The topological polar surface area (TPSA) is 59.4 Å². The molecule has 1 aromatic rings. The van der Waals surface area contributed by atoms with E-state index in [2.05, 4.69) is 9.72 Å². The Labute approximate surface area is 111 Å². The number of hydrogen-bond donors (Lipinski definition) is 1. The molecule has 20 heavy (non-hydrogen) atoms. The molecule has 0 aromatic carbocycles. The number of alkyl halides is 7. The van der Waals surface area contributed by atoms with Gasteiger partial charge in [0.25, 0.3) is 0 Å². The largest absolute Gasteiger partial charge is 0.574 e. The number of rotatable bonds is 3. The third-order valence-electron chi connectivity index (χ3n) is 1.96. The number of carbonyl (C=O) groups is 1. The molecule has 1 aromatic heterocycles. The SMILES string of the molecule is O=C(O)c1nc(OC(F)(F)F)cc(C(F)(F)F)c1CCl. The van der Waals surface area contributed by atoms with E-state index in [1.807, 2.05) is 0 Å². The lowest BCUT2D eigenvalue weighted by atomic mass is 10.1. The van der Waals surface area contributed by atoms with Gasteiger partial charge in [-0.05, 0) is 0 Å². The molecule has 4 nitrogen and oxygen atoms in total. The molecule has 0 saturated carbocycles. The fraction of sp³-hybridized carbons (Fsp3) is 0.333. The van der Waals surface area contributed by atoms with E-state index in [1.54, 1.807) is 0 Å². The molecule has 0 amide bonds. The van der Waals surface area contributed by atoms with Gasteiger partial charge >= 0.3 is 18.5 Å². The average Bonchev–Trinajstić information content (AvgIpc) is 2.24. The number of aromatic carboxylic acids is 1. The van der Waals surface area contributed by atoms with Gasteiger partial charge in [0.15, 0.2) is 5.69 Å². The summed E-state index contributed by atoms with van der Waals surface area (Å²) in [4.78, 5) is 13.6. The Morgan fingerprint density at radius 1 is 1.30 bits per heavy atom. The van der Waals surface area contributed by atoms with Crippen LogP contribution in [0, 0.1) is 0 Å². The number of ether oxygens (including phenoxy) is 1. The molecule has 0 fully saturated rings. The molecule has 0 bridgehead atoms. The number of halogens is 7. The molecule has 0 atom stereocenters. The maximum atomic E-state index is 12.7. The third-order valence-corrected chi connectivity index (χ3v) is 2.23. The van der Waals surface area contributed by atoms with Gasteiger partial charge in [0, 0.05) is 11.6 Å². The lowest BCUT2D eigenvalue weighted by Crippen LogP contribution is -2.21. The molecular formula is C9H4ClF6NO3. The minimum atomic E-state index is -5.31. The van der Waals surface area contributed by atoms with Crippen LogP contribution in [0.5, 0.6) is 5.88 Å². The molecule has 1 N–H and O–H groups in total. The first-order valence-electron chi connectivity index (χ1n) is 4.62. The molecule has 0 aliphatic carbocycles. The summed E-state index contributed by atoms with van der Waals surface area (Å²) in [5.41, 5.74) is -3.85. The van der Waals surface area contributed by atoms with Crippen molar-refractivity contribution in [3.05, 3.63) is 22.9 Å². The maximum absolute atomic E-state index is 12.7. The molecular weight excluding hydrogens is 320 g/mol. The van der Waals surface area contributed by atoms with Crippen molar-refractivity contribution < 1.29 is 41.0 Å². The summed E-state index contributed by atoms with van der Waals surface area (Å²) in [5.74, 6) is -4.38. The van der Waals surface area contributed by atoms with Crippen LogP contribution in [0.4, 0.5) is 26.3 Å². The molecule has 1 heterocycles. The highest BCUT2D eigenvalue weighted by atomic mass is 35.5. The van der Waals surface area contributed by atoms with Crippen LogP contribution in [-0.4, -0.2) is 22.4 Å². The smallest absolute Gasteiger partial charge is 0.476 e. The van der Waals surface area contributed by atoms with Gasteiger partial charge < -0.3 is 9.84 Å². The number of aromatic nitrogens is 1. The van der Waals surface area contributed by atoms with Crippen molar-refractivity contribution in [2.75, 3.05) is 0 Å². The predicted octanol–water partition coefficient (Wildman–Crippen LogP) is 3.44. The fourth-order valence-corrected chi connectivity index (χ4v) is 1.55. The average molecular weight is 324 g/mol. The van der Waals surface area contributed by atoms with Crippen molar-refractivity contribution in [2.45, 2.75) is 18.4 Å². The lowest BCUT2D eigenvalue weighted by molar-refractivity contribution is -0.276. The van der Waals surface area contributed by atoms with Crippen molar-refractivity contribution in [1.82, 2.24) is 4.98 Å². The monoisotopic (exact) mass is 323 g/mol. The Morgan fingerprint density at radius 3 is 2.20 bits per heavy atom. The van der Waals surface area contributed by atoms with Gasteiger partial charge in [-0.1, -0.05) is 0 Å². The predicted molar refractivity (Wildman–Crippen MR) is 52.4 cm³/mol. The highest BCUT2D eigenvalue weighted by Crippen LogP contribution is 2.36. The van der Waals surface area contributed by atoms with Crippen LogP contribution >= 0.6 is 11.6 Å². The van der Waals surface area contributed by atoms with Gasteiger partial charge in [-0.15, -0.1) is 24.8 Å². The standard InChI is InChI=1S/C9H4ClF6NO3/c10-2-3-4(8(11,12)13)1-5(20-9(14,15)16)17-6(3)7(18)19/h1H,2H2,(H,18,19). The van der Waals surface area contributed by atoms with E-state index in [1.165, 1.54) is 0 Å². The summed E-state index contributed by atoms with van der Waals surface area (Å²) in [6.07, 6.45) is -10.4. The van der Waals surface area contributed by atoms with E-state index in [0.717, 1.165) is 0 Å². The molecule has 11 heteroatoms. The van der Waals surface area contributed by atoms with Crippen LogP contribution in [0.15, 0.2) is 6.07 Å². The van der Waals surface area contributed by atoms with Crippen LogP contribution in [0.3, 0.4) is 0 Å². The number of pyridine rings is 1. The first kappa shape index (κ1) is 16.3. The molecule has 0 aliphatic heterocycles. The Kier molecular flexibility index (Phi) is 4.37. The van der Waals surface area contributed by atoms with Crippen molar-refractivity contribution in [3.63, 3.8) is 0 Å². The molecule has 1 rings (SSSR count). The van der Waals surface area contributed by atoms with Gasteiger partial charge in [-0.3, -0.25) is 0 Å². The minimum absolute atomic E-state index is 0.0579. The van der Waals surface area contributed by atoms with Crippen LogP contribution < -0.4 is 4.74 Å². The summed E-state index contributed by atoms with van der Waals surface area (Å²) >= 11 is 5.21. The second-order valence-corrected chi connectivity index (χ2v) is 3.59. The summed E-state index contributed by atoms with van der Waals surface area (Å²) in [5, 5.41) is 8.68. The van der Waals surface area contributed by atoms with Crippen LogP contribution in [0.1, 0.15) is 21.6 Å². The van der Waals surface area contributed by atoms with E-state index >= 15 is 0 Å². The Hall–Kier alpha value is -1.71. The Balaban J connectivity index is 3.52. The van der Waals surface area contributed by atoms with E-state index in [4.69, 9.17) is 16.7 Å². The normalized spacial score (nSPS) is 12.3. The minimum Gasteiger partial charge on any atom is -0.476 e. The van der Waals surface area contributed by atoms with Crippen LogP contribution in [0.2, 0.25) is 0 Å². The van der Waals surface area contributed by atoms with E-state index in [9.17, 15) is 31.1 Å². The van der Waals surface area contributed by atoms with Gasteiger partial charge in [-0.2, -0.15) is 13.2 Å². The van der Waals surface area contributed by atoms with E-state index in [0.29, 0.717) is 0 Å². The van der Waals surface area contributed by atoms with Crippen LogP contribution in [0.25, 0.3) is 0 Å².